The maximum atomic E-state index is 6.05. The van der Waals surface area contributed by atoms with E-state index in [0.717, 1.165) is 37.9 Å². The Kier molecular flexibility index (Phi) is 4.74. The highest BCUT2D eigenvalue weighted by molar-refractivity contribution is 4.71. The Morgan fingerprint density at radius 3 is 2.77 bits per heavy atom. The van der Waals surface area contributed by atoms with Gasteiger partial charge in [0.2, 0.25) is 0 Å². The molecule has 1 heterocycles. The van der Waals surface area contributed by atoms with E-state index >= 15 is 0 Å². The van der Waals surface area contributed by atoms with E-state index in [9.17, 15) is 0 Å². The van der Waals surface area contributed by atoms with E-state index in [4.69, 9.17) is 10.5 Å². The van der Waals surface area contributed by atoms with E-state index in [2.05, 4.69) is 13.8 Å². The monoisotopic (exact) mass is 185 g/mol. The quantitative estimate of drug-likeness (QED) is 0.728. The molecule has 1 aliphatic rings. The van der Waals surface area contributed by atoms with Crippen LogP contribution < -0.4 is 5.73 Å². The molecule has 2 heteroatoms. The second kappa shape index (κ2) is 5.61. The lowest BCUT2D eigenvalue weighted by Crippen LogP contribution is -2.29. The molecule has 2 atom stereocenters. The fraction of sp³-hybridized carbons (Fsp3) is 1.00. The van der Waals surface area contributed by atoms with Crippen molar-refractivity contribution >= 4 is 0 Å². The van der Waals surface area contributed by atoms with Gasteiger partial charge in [0.15, 0.2) is 0 Å². The average molecular weight is 185 g/mol. The van der Waals surface area contributed by atoms with Crippen LogP contribution in [0.3, 0.4) is 0 Å². The van der Waals surface area contributed by atoms with Gasteiger partial charge >= 0.3 is 0 Å². The molecule has 2 unspecified atom stereocenters. The predicted octanol–water partition coefficient (Wildman–Crippen LogP) is 2.18. The second-order valence-electron chi connectivity index (χ2n) is 4.71. The number of rotatable bonds is 4. The third-order valence-corrected chi connectivity index (χ3v) is 2.66. The Balaban J connectivity index is 2.14. The predicted molar refractivity (Wildman–Crippen MR) is 55.6 cm³/mol. The van der Waals surface area contributed by atoms with Gasteiger partial charge in [0, 0.05) is 19.3 Å². The first kappa shape index (κ1) is 11.0. The summed E-state index contributed by atoms with van der Waals surface area (Å²) in [4.78, 5) is 0. The summed E-state index contributed by atoms with van der Waals surface area (Å²) in [6.07, 6.45) is 4.83. The molecule has 0 aromatic rings. The SMILES string of the molecule is CC(C)CC(N)CC1CCCOC1. The minimum atomic E-state index is 0.381. The van der Waals surface area contributed by atoms with Crippen LogP contribution in [0.15, 0.2) is 0 Å². The van der Waals surface area contributed by atoms with Crippen LogP contribution in [0.2, 0.25) is 0 Å². The van der Waals surface area contributed by atoms with Gasteiger partial charge in [-0.1, -0.05) is 13.8 Å². The molecule has 1 aliphatic heterocycles. The summed E-state index contributed by atoms with van der Waals surface area (Å²) in [5.74, 6) is 1.45. The van der Waals surface area contributed by atoms with Crippen molar-refractivity contribution in [3.8, 4) is 0 Å². The van der Waals surface area contributed by atoms with Crippen LogP contribution in [0.1, 0.15) is 39.5 Å². The number of hydrogen-bond donors (Lipinski definition) is 1. The summed E-state index contributed by atoms with van der Waals surface area (Å²) in [6, 6.07) is 0.381. The third-order valence-electron chi connectivity index (χ3n) is 2.66. The van der Waals surface area contributed by atoms with Gasteiger partial charge in [-0.3, -0.25) is 0 Å². The molecule has 0 aromatic carbocycles. The van der Waals surface area contributed by atoms with E-state index in [0.29, 0.717) is 6.04 Å². The lowest BCUT2D eigenvalue weighted by molar-refractivity contribution is 0.0483. The third kappa shape index (κ3) is 4.63. The number of nitrogens with two attached hydrogens (primary N) is 1. The summed E-state index contributed by atoms with van der Waals surface area (Å²) >= 11 is 0. The molecule has 1 rings (SSSR count). The van der Waals surface area contributed by atoms with Crippen molar-refractivity contribution in [3.05, 3.63) is 0 Å². The molecule has 2 nitrogen and oxygen atoms in total. The number of ether oxygens (including phenoxy) is 1. The molecule has 0 spiro atoms. The molecule has 2 N–H and O–H groups in total. The molecule has 13 heavy (non-hydrogen) atoms. The second-order valence-corrected chi connectivity index (χ2v) is 4.71. The van der Waals surface area contributed by atoms with Crippen molar-refractivity contribution in [3.63, 3.8) is 0 Å². The van der Waals surface area contributed by atoms with Crippen molar-refractivity contribution < 1.29 is 4.74 Å². The molecule has 0 amide bonds. The van der Waals surface area contributed by atoms with Crippen LogP contribution in [0.5, 0.6) is 0 Å². The summed E-state index contributed by atoms with van der Waals surface area (Å²) in [7, 11) is 0. The molecule has 78 valence electrons. The van der Waals surface area contributed by atoms with Gasteiger partial charge in [0.05, 0.1) is 0 Å². The molecule has 1 fully saturated rings. The topological polar surface area (TPSA) is 35.2 Å². The average Bonchev–Trinajstić information content (AvgIpc) is 2.04. The Labute approximate surface area is 81.8 Å². The summed E-state index contributed by atoms with van der Waals surface area (Å²) in [5, 5.41) is 0. The van der Waals surface area contributed by atoms with E-state index in [1.807, 2.05) is 0 Å². The highest BCUT2D eigenvalue weighted by atomic mass is 16.5. The Hall–Kier alpha value is -0.0800. The lowest BCUT2D eigenvalue weighted by atomic mass is 9.91. The maximum absolute atomic E-state index is 6.05. The molecule has 0 aromatic heterocycles. The lowest BCUT2D eigenvalue weighted by Gasteiger charge is -2.25. The highest BCUT2D eigenvalue weighted by Crippen LogP contribution is 2.20. The highest BCUT2D eigenvalue weighted by Gasteiger charge is 2.17. The van der Waals surface area contributed by atoms with Gasteiger partial charge in [0.1, 0.15) is 0 Å². The van der Waals surface area contributed by atoms with Crippen LogP contribution in [-0.4, -0.2) is 19.3 Å². The first-order valence-electron chi connectivity index (χ1n) is 5.51. The summed E-state index contributed by atoms with van der Waals surface area (Å²) in [6.45, 7) is 6.36. The molecule has 0 aliphatic carbocycles. The molecular formula is C11H23NO. The zero-order valence-electron chi connectivity index (χ0n) is 8.96. The molecular weight excluding hydrogens is 162 g/mol. The van der Waals surface area contributed by atoms with Crippen molar-refractivity contribution in [1.82, 2.24) is 0 Å². The minimum absolute atomic E-state index is 0.381. The van der Waals surface area contributed by atoms with Crippen LogP contribution >= 0.6 is 0 Å². The van der Waals surface area contributed by atoms with Gasteiger partial charge in [-0.15, -0.1) is 0 Å². The number of hydrogen-bond acceptors (Lipinski definition) is 2. The zero-order valence-corrected chi connectivity index (χ0v) is 8.96. The minimum Gasteiger partial charge on any atom is -0.381 e. The van der Waals surface area contributed by atoms with Gasteiger partial charge < -0.3 is 10.5 Å². The largest absolute Gasteiger partial charge is 0.381 e. The first-order valence-corrected chi connectivity index (χ1v) is 5.51. The normalized spacial score (nSPS) is 26.3. The maximum Gasteiger partial charge on any atom is 0.0494 e. The standard InChI is InChI=1S/C11H23NO/c1-9(2)6-11(12)7-10-4-3-5-13-8-10/h9-11H,3-8,12H2,1-2H3. The van der Waals surface area contributed by atoms with Crippen molar-refractivity contribution in [1.29, 1.82) is 0 Å². The molecule has 0 radical (unpaired) electrons. The first-order chi connectivity index (χ1) is 6.18. The van der Waals surface area contributed by atoms with Crippen LogP contribution in [0, 0.1) is 11.8 Å². The van der Waals surface area contributed by atoms with Gasteiger partial charge in [-0.25, -0.2) is 0 Å². The zero-order chi connectivity index (χ0) is 9.68. The smallest absolute Gasteiger partial charge is 0.0494 e. The fourth-order valence-corrected chi connectivity index (χ4v) is 2.12. The van der Waals surface area contributed by atoms with E-state index < -0.39 is 0 Å². The Morgan fingerprint density at radius 1 is 1.46 bits per heavy atom. The molecule has 1 saturated heterocycles. The van der Waals surface area contributed by atoms with Crippen molar-refractivity contribution in [2.24, 2.45) is 17.6 Å². The van der Waals surface area contributed by atoms with E-state index in [1.54, 1.807) is 0 Å². The van der Waals surface area contributed by atoms with Crippen LogP contribution in [0.25, 0.3) is 0 Å². The fourth-order valence-electron chi connectivity index (χ4n) is 2.12. The molecule has 0 bridgehead atoms. The van der Waals surface area contributed by atoms with Crippen molar-refractivity contribution in [2.75, 3.05) is 13.2 Å². The van der Waals surface area contributed by atoms with Gasteiger partial charge in [-0.05, 0) is 37.5 Å². The van der Waals surface area contributed by atoms with Gasteiger partial charge in [0.25, 0.3) is 0 Å². The van der Waals surface area contributed by atoms with Crippen LogP contribution in [0.4, 0.5) is 0 Å². The van der Waals surface area contributed by atoms with E-state index in [-0.39, 0.29) is 0 Å². The van der Waals surface area contributed by atoms with E-state index in [1.165, 1.54) is 12.8 Å². The van der Waals surface area contributed by atoms with Gasteiger partial charge in [-0.2, -0.15) is 0 Å². The molecule has 0 saturated carbocycles. The Morgan fingerprint density at radius 2 is 2.23 bits per heavy atom. The van der Waals surface area contributed by atoms with Crippen molar-refractivity contribution in [2.45, 2.75) is 45.6 Å². The van der Waals surface area contributed by atoms with Crippen LogP contribution in [-0.2, 0) is 4.74 Å². The summed E-state index contributed by atoms with van der Waals surface area (Å²) < 4.78 is 5.43. The summed E-state index contributed by atoms with van der Waals surface area (Å²) in [5.41, 5.74) is 6.05. The Bertz CT molecular complexity index is 130.